The molecule has 0 radical (unpaired) electrons. The zero-order valence-electron chi connectivity index (χ0n) is 94.8. The highest BCUT2D eigenvalue weighted by Crippen LogP contribution is 2.67. The summed E-state index contributed by atoms with van der Waals surface area (Å²) >= 11 is 0. The Hall–Kier alpha value is -5.95. The molecule has 18 saturated carbocycles. The molecule has 20 fully saturated rings. The molecule has 0 spiro atoms. The van der Waals surface area contributed by atoms with Crippen LogP contribution in [0.2, 0.25) is 0 Å². The third-order valence-corrected chi connectivity index (χ3v) is 38.1. The van der Waals surface area contributed by atoms with E-state index < -0.39 is 72.4 Å². The van der Waals surface area contributed by atoms with Crippen LogP contribution in [-0.4, -0.2) is 165 Å². The zero-order chi connectivity index (χ0) is 106. The number of carbonyl (C=O) groups is 11. The van der Waals surface area contributed by atoms with Crippen LogP contribution in [0.5, 0.6) is 0 Å². The number of esters is 11. The Morgan fingerprint density at radius 2 is 0.819 bits per heavy atom. The van der Waals surface area contributed by atoms with Crippen molar-refractivity contribution in [2.24, 2.45) is 109 Å². The number of rotatable bonds is 34. The lowest BCUT2D eigenvalue weighted by molar-refractivity contribution is -0.251. The average Bonchev–Trinajstić information content (AvgIpc) is 1.02. The zero-order valence-corrected chi connectivity index (χ0v) is 94.8. The predicted molar refractivity (Wildman–Crippen MR) is 548 cm³/mol. The molecular weight excluding hydrogens is 1830 g/mol. The Morgan fingerprint density at radius 3 is 1.28 bits per heavy atom. The van der Waals surface area contributed by atoms with Crippen molar-refractivity contribution in [3.05, 3.63) is 0 Å². The molecule has 0 aromatic carbocycles. The van der Waals surface area contributed by atoms with E-state index in [1.807, 2.05) is 152 Å². The first kappa shape index (κ1) is 117. The lowest BCUT2D eigenvalue weighted by Crippen LogP contribution is -2.62. The van der Waals surface area contributed by atoms with Gasteiger partial charge in [0, 0.05) is 50.5 Å². The van der Waals surface area contributed by atoms with Crippen molar-refractivity contribution < 1.29 is 119 Å². The van der Waals surface area contributed by atoms with Gasteiger partial charge in [-0.05, 0) is 430 Å². The van der Waals surface area contributed by atoms with Gasteiger partial charge in [0.25, 0.3) is 0 Å². The highest BCUT2D eigenvalue weighted by atomic mass is 16.6. The highest BCUT2D eigenvalue weighted by Gasteiger charge is 2.68. The average molecular weight is 2020 g/mol. The molecule has 20 aliphatic rings. The molecular formula is C119H194O25. The quantitative estimate of drug-likeness (QED) is 0.0328. The summed E-state index contributed by atoms with van der Waals surface area (Å²) in [6.45, 7) is 56.7. The molecule has 2 aliphatic heterocycles. The molecule has 144 heavy (non-hydrogen) atoms. The first-order valence-electron chi connectivity index (χ1n) is 57.1. The highest BCUT2D eigenvalue weighted by molar-refractivity contribution is 5.82. The van der Waals surface area contributed by atoms with E-state index >= 15 is 0 Å². The van der Waals surface area contributed by atoms with Crippen molar-refractivity contribution in [1.82, 2.24) is 0 Å². The Morgan fingerprint density at radius 1 is 0.389 bits per heavy atom. The lowest BCUT2D eigenvalue weighted by atomic mass is 9.48. The molecule has 820 valence electrons. The summed E-state index contributed by atoms with van der Waals surface area (Å²) in [7, 11) is 0. The molecule has 18 bridgehead atoms. The molecule has 2 saturated heterocycles. The second-order valence-corrected chi connectivity index (χ2v) is 56.0. The van der Waals surface area contributed by atoms with Crippen LogP contribution < -0.4 is 0 Å². The Kier molecular flexibility index (Phi) is 36.0. The second-order valence-electron chi connectivity index (χ2n) is 56.0. The molecule has 25 heteroatoms. The number of hydrogen-bond donors (Lipinski definition) is 0. The minimum absolute atomic E-state index is 0.00406. The predicted octanol–water partition coefficient (Wildman–Crippen LogP) is 25.1. The molecule has 10 unspecified atom stereocenters. The maximum atomic E-state index is 13.4. The van der Waals surface area contributed by atoms with E-state index in [2.05, 4.69) is 34.6 Å². The fourth-order valence-corrected chi connectivity index (χ4v) is 28.2. The van der Waals surface area contributed by atoms with Gasteiger partial charge in [-0.1, -0.05) is 61.8 Å². The SMILES string of the molecule is CCC(C)(C)C(=O)OC1(CC(=O)OC(C)(C)C)C2CC3CC(C2)CC1C3.CCC(C)(C)C(=O)OC12CC3CC(CC(OCCCC(=O)OC4(C)CCCCC4)(C3)C1)C2.CCC(C)(C)C(=O)OC1CC2CC(C(=O)OC(C)(C)C)C1O2.CCC(C)(C)C(=O)OCC(=O)OC12CC3CC(C1)CC(C(=O)OC(C)(C)C(C)C)(C3)C2.CCC(C)(C)OC(=O)C1CCC(OC23CC4CC(CC(OC(=O)C(C)(C)CC)(C4)C2)C3)CC1. The number of ether oxygens (including phenoxy) is 14. The van der Waals surface area contributed by atoms with Crippen molar-refractivity contribution in [2.45, 2.75) is 563 Å². The van der Waals surface area contributed by atoms with Gasteiger partial charge in [0.2, 0.25) is 0 Å². The third-order valence-electron chi connectivity index (χ3n) is 38.1. The first-order chi connectivity index (χ1) is 66.7. The molecule has 0 N–H and O–H groups in total. The van der Waals surface area contributed by atoms with Gasteiger partial charge in [0.15, 0.2) is 6.61 Å². The van der Waals surface area contributed by atoms with Crippen LogP contribution >= 0.6 is 0 Å². The monoisotopic (exact) mass is 2020 g/mol. The van der Waals surface area contributed by atoms with Gasteiger partial charge in [-0.3, -0.25) is 47.9 Å². The van der Waals surface area contributed by atoms with E-state index in [0.29, 0.717) is 98.9 Å². The molecule has 0 amide bonds. The second kappa shape index (κ2) is 44.4. The molecule has 20 rings (SSSR count). The molecule has 0 aromatic rings. The van der Waals surface area contributed by atoms with Gasteiger partial charge in [-0.15, -0.1) is 0 Å². The summed E-state index contributed by atoms with van der Waals surface area (Å²) in [4.78, 5) is 139. The molecule has 0 aromatic heterocycles. The van der Waals surface area contributed by atoms with Gasteiger partial charge in [-0.25, -0.2) is 4.79 Å². The van der Waals surface area contributed by atoms with E-state index in [9.17, 15) is 52.7 Å². The smallest absolute Gasteiger partial charge is 0.344 e. The van der Waals surface area contributed by atoms with E-state index in [-0.39, 0.29) is 143 Å². The fourth-order valence-electron chi connectivity index (χ4n) is 28.2. The van der Waals surface area contributed by atoms with Crippen molar-refractivity contribution in [1.29, 1.82) is 0 Å². The Balaban J connectivity index is 0.000000162. The van der Waals surface area contributed by atoms with Crippen LogP contribution in [-0.2, 0) is 119 Å². The Labute approximate surface area is 865 Å². The van der Waals surface area contributed by atoms with Gasteiger partial charge >= 0.3 is 65.7 Å². The number of fused-ring (bicyclic) bond motifs is 2. The van der Waals surface area contributed by atoms with E-state index in [1.54, 1.807) is 13.8 Å². The van der Waals surface area contributed by atoms with E-state index in [0.717, 1.165) is 211 Å². The molecule has 18 aliphatic carbocycles. The van der Waals surface area contributed by atoms with Crippen LogP contribution in [0.1, 0.15) is 477 Å². The maximum Gasteiger partial charge on any atom is 0.344 e. The summed E-state index contributed by atoms with van der Waals surface area (Å²) in [5, 5.41) is 0. The summed E-state index contributed by atoms with van der Waals surface area (Å²) in [5.41, 5.74) is -7.63. The normalized spacial score (nSPS) is 34.8. The van der Waals surface area contributed by atoms with Crippen molar-refractivity contribution in [2.75, 3.05) is 13.2 Å². The third kappa shape index (κ3) is 28.3. The maximum absolute atomic E-state index is 13.4. The van der Waals surface area contributed by atoms with Crippen LogP contribution in [0.4, 0.5) is 0 Å². The molecule has 2 heterocycles. The standard InChI is InChI=1S/C28H46O5.C27H44O5.C25H40O6.C22H36O4.C17H28O5/c1-7-25(3,4)24(30)33-28-16-19-13-20(17-28)15-27(14-19,18-28)31-22-11-9-21(10-12-22)23(29)32-26(5,6)8-2;1-5-24(2,3)23(29)32-27-17-20-14-21(18-27)16-26(15-20,19-27)30-13-9-10-22(28)31-25(4)11-7-6-8-12-25;1-8-22(4,5)20(27)29-14-19(26)30-25-12-17-9-18(13-25)11-24(10-17,15-25)21(28)31-23(6,7)16(2)3;1-7-21(5,6)19(24)26-22(13-18(23)25-20(2,3)4)16-9-14-8-15(11-16)12-17(22)10-14;1-7-17(5,6)15(19)21-12-9-10-8-11(13(12)20-10)14(18)22-16(2,3)4/h19-22H,7-18H2,1-6H3;20-21H,5-19H2,1-4H3;16-18H,8-15H2,1-7H3;14-17H,7-13H2,1-6H3;10-13H,7-9H2,1-6H3. The van der Waals surface area contributed by atoms with Gasteiger partial charge in [0.1, 0.15) is 62.6 Å². The summed E-state index contributed by atoms with van der Waals surface area (Å²) in [6, 6.07) is 0. The Bertz CT molecular complexity index is 4420. The van der Waals surface area contributed by atoms with Crippen LogP contribution in [0, 0.1) is 109 Å². The minimum Gasteiger partial charge on any atom is -0.460 e. The summed E-state index contributed by atoms with van der Waals surface area (Å²) in [6.07, 6.45) is 38.7. The van der Waals surface area contributed by atoms with Crippen molar-refractivity contribution in [3.63, 3.8) is 0 Å². The number of hydrogen-bond acceptors (Lipinski definition) is 25. The fraction of sp³-hybridized carbons (Fsp3) is 0.908. The lowest BCUT2D eigenvalue weighted by Gasteiger charge is -2.61. The first-order valence-corrected chi connectivity index (χ1v) is 57.1. The van der Waals surface area contributed by atoms with Crippen LogP contribution in [0.15, 0.2) is 0 Å². The van der Waals surface area contributed by atoms with Crippen LogP contribution in [0.25, 0.3) is 0 Å². The van der Waals surface area contributed by atoms with E-state index in [1.165, 1.54) is 25.7 Å². The van der Waals surface area contributed by atoms with Gasteiger partial charge in [-0.2, -0.15) is 0 Å². The summed E-state index contributed by atoms with van der Waals surface area (Å²) in [5.74, 6) is 2.95. The summed E-state index contributed by atoms with van der Waals surface area (Å²) < 4.78 is 83.7. The van der Waals surface area contributed by atoms with Gasteiger partial charge < -0.3 is 66.3 Å². The van der Waals surface area contributed by atoms with Crippen molar-refractivity contribution in [3.8, 4) is 0 Å². The number of carbonyl (C=O) groups excluding carboxylic acids is 11. The topological polar surface area (TPSA) is 317 Å². The van der Waals surface area contributed by atoms with Crippen molar-refractivity contribution >= 4 is 65.7 Å². The minimum atomic E-state index is -0.653. The van der Waals surface area contributed by atoms with Crippen LogP contribution in [0.3, 0.4) is 0 Å². The van der Waals surface area contributed by atoms with E-state index in [4.69, 9.17) is 66.3 Å². The van der Waals surface area contributed by atoms with Gasteiger partial charge in [0.05, 0.1) is 74.2 Å². The molecule has 25 nitrogen and oxygen atoms in total. The largest absolute Gasteiger partial charge is 0.460 e. The molecule has 10 atom stereocenters.